The molecule has 1 heterocycles. The number of hydrogen-bond acceptors (Lipinski definition) is 2. The number of halogens is 1. The molecule has 1 aliphatic heterocycles. The van der Waals surface area contributed by atoms with Crippen molar-refractivity contribution in [1.82, 2.24) is 4.90 Å². The number of likely N-dealkylation sites (tertiary alicyclic amines) is 1. The van der Waals surface area contributed by atoms with E-state index in [1.807, 2.05) is 11.0 Å². The molecule has 5 saturated carbocycles. The van der Waals surface area contributed by atoms with Gasteiger partial charge >= 0.3 is 0 Å². The second-order valence-electron chi connectivity index (χ2n) is 10.6. The summed E-state index contributed by atoms with van der Waals surface area (Å²) in [6, 6.07) is 3.59. The first-order chi connectivity index (χ1) is 14.1. The van der Waals surface area contributed by atoms with Crippen molar-refractivity contribution in [1.29, 1.82) is 0 Å². The Morgan fingerprint density at radius 1 is 1.03 bits per heavy atom. The highest BCUT2D eigenvalue weighted by Crippen LogP contribution is 2.55. The molecular formula is C25H32FNO2. The zero-order valence-electron chi connectivity index (χ0n) is 17.4. The van der Waals surface area contributed by atoms with Crippen LogP contribution in [0, 0.1) is 29.5 Å². The minimum Gasteiger partial charge on any atom is -0.489 e. The van der Waals surface area contributed by atoms with Gasteiger partial charge in [0, 0.05) is 18.7 Å². The van der Waals surface area contributed by atoms with E-state index >= 15 is 4.39 Å². The van der Waals surface area contributed by atoms with Crippen molar-refractivity contribution in [3.63, 3.8) is 0 Å². The summed E-state index contributed by atoms with van der Waals surface area (Å²) < 4.78 is 21.8. The Morgan fingerprint density at radius 2 is 1.72 bits per heavy atom. The summed E-state index contributed by atoms with van der Waals surface area (Å²) in [7, 11) is 0. The molecule has 6 fully saturated rings. The molecule has 1 atom stereocenters. The van der Waals surface area contributed by atoms with E-state index < -0.39 is 5.82 Å². The molecule has 29 heavy (non-hydrogen) atoms. The molecule has 3 nitrogen and oxygen atoms in total. The average Bonchev–Trinajstić information content (AvgIpc) is 3.44. The fraction of sp³-hybridized carbons (Fsp3) is 0.720. The predicted molar refractivity (Wildman–Crippen MR) is 110 cm³/mol. The van der Waals surface area contributed by atoms with E-state index in [1.54, 1.807) is 6.07 Å². The highest BCUT2D eigenvalue weighted by molar-refractivity contribution is 5.95. The topological polar surface area (TPSA) is 29.5 Å². The molecular weight excluding hydrogens is 365 g/mol. The van der Waals surface area contributed by atoms with Crippen LogP contribution < -0.4 is 4.74 Å². The van der Waals surface area contributed by atoms with Crippen LogP contribution >= 0.6 is 0 Å². The highest BCUT2D eigenvalue weighted by Gasteiger charge is 2.49. The molecule has 4 bridgehead atoms. The number of ether oxygens (including phenoxy) is 1. The molecule has 6 aliphatic rings. The van der Waals surface area contributed by atoms with E-state index in [4.69, 9.17) is 4.74 Å². The predicted octanol–water partition coefficient (Wildman–Crippen LogP) is 5.53. The Balaban J connectivity index is 1.30. The summed E-state index contributed by atoms with van der Waals surface area (Å²) in [6.07, 6.45) is 11.1. The first-order valence-electron chi connectivity index (χ1n) is 11.9. The summed E-state index contributed by atoms with van der Waals surface area (Å²) >= 11 is 0. The first kappa shape index (κ1) is 18.2. The molecule has 4 heteroatoms. The van der Waals surface area contributed by atoms with Gasteiger partial charge in [-0.2, -0.15) is 0 Å². The van der Waals surface area contributed by atoms with Gasteiger partial charge in [-0.15, -0.1) is 0 Å². The Labute approximate surface area is 173 Å². The van der Waals surface area contributed by atoms with Gasteiger partial charge in [0.1, 0.15) is 17.7 Å². The maximum atomic E-state index is 15.1. The van der Waals surface area contributed by atoms with E-state index in [0.29, 0.717) is 17.8 Å². The second-order valence-corrected chi connectivity index (χ2v) is 10.6. The second kappa shape index (κ2) is 6.72. The van der Waals surface area contributed by atoms with E-state index in [-0.39, 0.29) is 23.6 Å². The average molecular weight is 398 g/mol. The Hall–Kier alpha value is -1.58. The number of amides is 1. The Kier molecular flexibility index (Phi) is 4.22. The molecule has 7 rings (SSSR count). The molecule has 1 saturated heterocycles. The Bertz CT molecular complexity index is 804. The molecule has 1 amide bonds. The van der Waals surface area contributed by atoms with Crippen LogP contribution in [-0.2, 0) is 0 Å². The normalized spacial score (nSPS) is 37.9. The fourth-order valence-electron chi connectivity index (χ4n) is 7.16. The third-order valence-corrected chi connectivity index (χ3v) is 8.56. The number of carbonyl (C=O) groups excluding carboxylic acids is 1. The van der Waals surface area contributed by atoms with E-state index in [0.717, 1.165) is 55.4 Å². The lowest BCUT2D eigenvalue weighted by atomic mass is 9.55. The molecule has 0 aromatic heterocycles. The van der Waals surface area contributed by atoms with E-state index in [1.165, 1.54) is 32.1 Å². The van der Waals surface area contributed by atoms with Crippen LogP contribution in [-0.4, -0.2) is 29.5 Å². The molecule has 0 N–H and O–H groups in total. The third kappa shape index (κ3) is 3.09. The fourth-order valence-corrected chi connectivity index (χ4v) is 7.16. The SMILES string of the molecule is CC1CCCN1C(=O)c1cc(C2CC2)c(OC2C3CC4CC(C3)CC2C4)cc1F. The van der Waals surface area contributed by atoms with Crippen LogP contribution in [0.5, 0.6) is 5.75 Å². The van der Waals surface area contributed by atoms with Crippen molar-refractivity contribution in [2.75, 3.05) is 6.54 Å². The monoisotopic (exact) mass is 397 g/mol. The largest absolute Gasteiger partial charge is 0.489 e. The van der Waals surface area contributed by atoms with Crippen LogP contribution in [0.1, 0.15) is 86.6 Å². The summed E-state index contributed by atoms with van der Waals surface area (Å²) in [6.45, 7) is 2.80. The van der Waals surface area contributed by atoms with Crippen LogP contribution in [0.15, 0.2) is 12.1 Å². The Morgan fingerprint density at radius 3 is 2.31 bits per heavy atom. The molecule has 0 radical (unpaired) electrons. The van der Waals surface area contributed by atoms with Gasteiger partial charge in [0.2, 0.25) is 0 Å². The zero-order valence-corrected chi connectivity index (χ0v) is 17.4. The standard InChI is InChI=1S/C25H32FNO2/c1-14-3-2-6-27(14)25(28)21-12-20(17-4-5-17)23(13-22(21)26)29-24-18-8-15-7-16(10-18)11-19(24)9-15/h12-19,24H,2-11H2,1H3. The van der Waals surface area contributed by atoms with Gasteiger partial charge in [0.15, 0.2) is 0 Å². The van der Waals surface area contributed by atoms with E-state index in [2.05, 4.69) is 6.92 Å². The molecule has 5 aliphatic carbocycles. The van der Waals surface area contributed by atoms with Gasteiger partial charge in [-0.1, -0.05) is 0 Å². The van der Waals surface area contributed by atoms with Gasteiger partial charge in [0.25, 0.3) is 5.91 Å². The van der Waals surface area contributed by atoms with Crippen LogP contribution in [0.4, 0.5) is 4.39 Å². The van der Waals surface area contributed by atoms with Crippen LogP contribution in [0.3, 0.4) is 0 Å². The number of nitrogens with zero attached hydrogens (tertiary/aromatic N) is 1. The maximum Gasteiger partial charge on any atom is 0.257 e. The lowest BCUT2D eigenvalue weighted by molar-refractivity contribution is -0.0793. The smallest absolute Gasteiger partial charge is 0.257 e. The molecule has 1 unspecified atom stereocenters. The number of carbonyl (C=O) groups is 1. The summed E-state index contributed by atoms with van der Waals surface area (Å²) in [5.41, 5.74) is 1.33. The molecule has 1 aromatic carbocycles. The highest BCUT2D eigenvalue weighted by atomic mass is 19.1. The quantitative estimate of drug-likeness (QED) is 0.668. The minimum atomic E-state index is -0.405. The van der Waals surface area contributed by atoms with Crippen molar-refractivity contribution < 1.29 is 13.9 Å². The summed E-state index contributed by atoms with van der Waals surface area (Å²) in [5.74, 6) is 3.71. The summed E-state index contributed by atoms with van der Waals surface area (Å²) in [5, 5.41) is 0. The van der Waals surface area contributed by atoms with Crippen molar-refractivity contribution in [2.24, 2.45) is 23.7 Å². The van der Waals surface area contributed by atoms with Crippen molar-refractivity contribution in [3.8, 4) is 5.75 Å². The van der Waals surface area contributed by atoms with Crippen molar-refractivity contribution in [3.05, 3.63) is 29.1 Å². The number of benzene rings is 1. The van der Waals surface area contributed by atoms with Gasteiger partial charge in [-0.25, -0.2) is 4.39 Å². The van der Waals surface area contributed by atoms with Crippen LogP contribution in [0.25, 0.3) is 0 Å². The summed E-state index contributed by atoms with van der Waals surface area (Å²) in [4.78, 5) is 14.9. The molecule has 0 spiro atoms. The van der Waals surface area contributed by atoms with Gasteiger partial charge in [0.05, 0.1) is 5.56 Å². The number of hydrogen-bond donors (Lipinski definition) is 0. The van der Waals surface area contributed by atoms with Gasteiger partial charge in [-0.3, -0.25) is 4.79 Å². The number of rotatable bonds is 4. The first-order valence-corrected chi connectivity index (χ1v) is 11.9. The van der Waals surface area contributed by atoms with Crippen molar-refractivity contribution >= 4 is 5.91 Å². The maximum absolute atomic E-state index is 15.1. The zero-order chi connectivity index (χ0) is 19.7. The molecule has 1 aromatic rings. The lowest BCUT2D eigenvalue weighted by Gasteiger charge is -2.53. The minimum absolute atomic E-state index is 0.143. The lowest BCUT2D eigenvalue weighted by Crippen LogP contribution is -2.50. The van der Waals surface area contributed by atoms with Crippen molar-refractivity contribution in [2.45, 2.75) is 82.8 Å². The van der Waals surface area contributed by atoms with Crippen LogP contribution in [0.2, 0.25) is 0 Å². The van der Waals surface area contributed by atoms with Gasteiger partial charge < -0.3 is 9.64 Å². The van der Waals surface area contributed by atoms with Gasteiger partial charge in [-0.05, 0) is 106 Å². The molecule has 156 valence electrons. The van der Waals surface area contributed by atoms with E-state index in [9.17, 15) is 4.79 Å². The third-order valence-electron chi connectivity index (χ3n) is 8.56.